The van der Waals surface area contributed by atoms with Gasteiger partial charge in [0.05, 0.1) is 23.7 Å². The number of amides is 1. The molecule has 1 N–H and O–H groups in total. The summed E-state index contributed by atoms with van der Waals surface area (Å²) in [6.07, 6.45) is 0. The van der Waals surface area contributed by atoms with Crippen LogP contribution in [0.5, 0.6) is 23.0 Å². The minimum absolute atomic E-state index is 0.300. The molecule has 32 heavy (non-hydrogen) atoms. The van der Waals surface area contributed by atoms with Gasteiger partial charge in [-0.15, -0.1) is 0 Å². The van der Waals surface area contributed by atoms with Gasteiger partial charge in [0.15, 0.2) is 0 Å². The van der Waals surface area contributed by atoms with Crippen LogP contribution in [0.3, 0.4) is 0 Å². The van der Waals surface area contributed by atoms with Crippen LogP contribution in [0.1, 0.15) is 10.4 Å². The maximum atomic E-state index is 12.9. The molecule has 5 nitrogen and oxygen atoms in total. The van der Waals surface area contributed by atoms with E-state index in [9.17, 15) is 4.79 Å². The summed E-state index contributed by atoms with van der Waals surface area (Å²) in [5.74, 6) is 1.56. The highest BCUT2D eigenvalue weighted by molar-refractivity contribution is 9.10. The summed E-state index contributed by atoms with van der Waals surface area (Å²) in [7, 11) is 3.00. The van der Waals surface area contributed by atoms with Gasteiger partial charge in [-0.25, -0.2) is 0 Å². The van der Waals surface area contributed by atoms with Gasteiger partial charge >= 0.3 is 0 Å². The van der Waals surface area contributed by atoms with Crippen LogP contribution < -0.4 is 19.5 Å². The summed E-state index contributed by atoms with van der Waals surface area (Å²) in [5, 5.41) is 5.32. The number of fused-ring (bicyclic) bond motifs is 1. The topological polar surface area (TPSA) is 56.8 Å². The average molecular weight is 513 g/mol. The molecule has 4 aromatic rings. The standard InChI is InChI=1S/C25H19BrClNO4/c1-30-20-8-5-9-21(31-2)23(20)25(29)28-16-11-13-19(18(27)14-16)32-22-12-10-15-6-3-4-7-17(15)24(22)26/h3-14H,1-2H3,(H,28,29). The number of rotatable bonds is 6. The summed E-state index contributed by atoms with van der Waals surface area (Å²) < 4.78 is 17.5. The molecule has 0 saturated carbocycles. The zero-order valence-corrected chi connectivity index (χ0v) is 19.7. The molecule has 0 unspecified atom stereocenters. The van der Waals surface area contributed by atoms with Gasteiger partial charge in [-0.1, -0.05) is 48.0 Å². The third kappa shape index (κ3) is 4.38. The van der Waals surface area contributed by atoms with Gasteiger partial charge in [0, 0.05) is 5.69 Å². The predicted molar refractivity (Wildman–Crippen MR) is 131 cm³/mol. The highest BCUT2D eigenvalue weighted by atomic mass is 79.9. The van der Waals surface area contributed by atoms with E-state index in [1.807, 2.05) is 36.4 Å². The first-order valence-electron chi connectivity index (χ1n) is 9.69. The van der Waals surface area contributed by atoms with Crippen molar-refractivity contribution in [1.29, 1.82) is 0 Å². The predicted octanol–water partition coefficient (Wildman–Crippen LogP) is 7.32. The van der Waals surface area contributed by atoms with E-state index in [4.69, 9.17) is 25.8 Å². The molecule has 0 atom stereocenters. The van der Waals surface area contributed by atoms with Crippen LogP contribution in [0, 0.1) is 0 Å². The molecule has 0 heterocycles. The molecule has 0 aliphatic rings. The van der Waals surface area contributed by atoms with E-state index < -0.39 is 0 Å². The molecule has 7 heteroatoms. The zero-order valence-electron chi connectivity index (χ0n) is 17.3. The first kappa shape index (κ1) is 22.0. The second kappa shape index (κ2) is 9.51. The highest BCUT2D eigenvalue weighted by Crippen LogP contribution is 2.39. The van der Waals surface area contributed by atoms with Gasteiger partial charge in [-0.2, -0.15) is 0 Å². The van der Waals surface area contributed by atoms with Crippen LogP contribution in [-0.4, -0.2) is 20.1 Å². The van der Waals surface area contributed by atoms with Crippen LogP contribution in [0.15, 0.2) is 77.3 Å². The number of benzene rings is 4. The summed E-state index contributed by atoms with van der Waals surface area (Å²) in [6.45, 7) is 0. The molecule has 0 aliphatic heterocycles. The lowest BCUT2D eigenvalue weighted by atomic mass is 10.1. The van der Waals surface area contributed by atoms with E-state index in [0.29, 0.717) is 39.3 Å². The Balaban J connectivity index is 1.57. The lowest BCUT2D eigenvalue weighted by Crippen LogP contribution is -2.14. The average Bonchev–Trinajstić information content (AvgIpc) is 2.81. The van der Waals surface area contributed by atoms with Crippen molar-refractivity contribution in [1.82, 2.24) is 0 Å². The number of ether oxygens (including phenoxy) is 3. The number of carbonyl (C=O) groups is 1. The summed E-state index contributed by atoms with van der Waals surface area (Å²) in [4.78, 5) is 12.9. The second-order valence-electron chi connectivity index (χ2n) is 6.84. The van der Waals surface area contributed by atoms with Crippen molar-refractivity contribution in [3.05, 3.63) is 87.9 Å². The molecule has 0 aromatic heterocycles. The number of methoxy groups -OCH3 is 2. The maximum Gasteiger partial charge on any atom is 0.263 e. The number of hydrogen-bond acceptors (Lipinski definition) is 4. The molecule has 0 bridgehead atoms. The van der Waals surface area contributed by atoms with E-state index in [1.165, 1.54) is 14.2 Å². The first-order valence-corrected chi connectivity index (χ1v) is 10.9. The Kier molecular flexibility index (Phi) is 6.53. The van der Waals surface area contributed by atoms with Gasteiger partial charge in [0.1, 0.15) is 28.6 Å². The zero-order chi connectivity index (χ0) is 22.7. The number of hydrogen-bond donors (Lipinski definition) is 1. The number of anilines is 1. The quantitative estimate of drug-likeness (QED) is 0.294. The molecule has 162 valence electrons. The minimum atomic E-state index is -0.374. The number of carbonyl (C=O) groups excluding carboxylic acids is 1. The summed E-state index contributed by atoms with van der Waals surface area (Å²) in [5.41, 5.74) is 0.812. The van der Waals surface area contributed by atoms with Crippen LogP contribution in [0.25, 0.3) is 10.8 Å². The number of nitrogens with one attached hydrogen (secondary N) is 1. The van der Waals surface area contributed by atoms with Crippen molar-refractivity contribution in [2.45, 2.75) is 0 Å². The molecule has 0 saturated heterocycles. The Labute approximate surface area is 199 Å². The lowest BCUT2D eigenvalue weighted by Gasteiger charge is -2.14. The van der Waals surface area contributed by atoms with E-state index in [1.54, 1.807) is 36.4 Å². The molecular formula is C25H19BrClNO4. The van der Waals surface area contributed by atoms with Crippen LogP contribution in [0.2, 0.25) is 5.02 Å². The molecule has 4 aromatic carbocycles. The second-order valence-corrected chi connectivity index (χ2v) is 8.04. The smallest absolute Gasteiger partial charge is 0.263 e. The molecule has 0 fully saturated rings. The van der Waals surface area contributed by atoms with E-state index in [-0.39, 0.29) is 5.91 Å². The fourth-order valence-electron chi connectivity index (χ4n) is 3.34. The summed E-state index contributed by atoms with van der Waals surface area (Å²) >= 11 is 10.1. The van der Waals surface area contributed by atoms with Gasteiger partial charge in [-0.05, 0) is 63.1 Å². The SMILES string of the molecule is COc1cccc(OC)c1C(=O)Nc1ccc(Oc2ccc3ccccc3c2Br)c(Cl)c1. The third-order valence-electron chi connectivity index (χ3n) is 4.89. The Bertz CT molecular complexity index is 1290. The number of halogens is 2. The van der Waals surface area contributed by atoms with Crippen molar-refractivity contribution in [2.75, 3.05) is 19.5 Å². The largest absolute Gasteiger partial charge is 0.496 e. The van der Waals surface area contributed by atoms with Gasteiger partial charge < -0.3 is 19.5 Å². The van der Waals surface area contributed by atoms with Crippen molar-refractivity contribution < 1.29 is 19.0 Å². The monoisotopic (exact) mass is 511 g/mol. The van der Waals surface area contributed by atoms with Crippen LogP contribution >= 0.6 is 27.5 Å². The fraction of sp³-hybridized carbons (Fsp3) is 0.0800. The third-order valence-corrected chi connectivity index (χ3v) is 6.01. The highest BCUT2D eigenvalue weighted by Gasteiger charge is 2.19. The summed E-state index contributed by atoms with van der Waals surface area (Å²) in [6, 6.07) is 22.1. The Morgan fingerprint density at radius 1 is 0.844 bits per heavy atom. The van der Waals surface area contributed by atoms with Gasteiger partial charge in [0.25, 0.3) is 5.91 Å². The van der Waals surface area contributed by atoms with Crippen LogP contribution in [0.4, 0.5) is 5.69 Å². The van der Waals surface area contributed by atoms with Crippen molar-refractivity contribution >= 4 is 49.9 Å². The fourth-order valence-corrected chi connectivity index (χ4v) is 4.13. The Morgan fingerprint density at radius 2 is 1.53 bits per heavy atom. The van der Waals surface area contributed by atoms with E-state index in [2.05, 4.69) is 21.2 Å². The molecule has 0 radical (unpaired) electrons. The van der Waals surface area contributed by atoms with Crippen molar-refractivity contribution in [2.24, 2.45) is 0 Å². The van der Waals surface area contributed by atoms with Crippen molar-refractivity contribution in [3.8, 4) is 23.0 Å². The molecule has 4 rings (SSSR count). The molecule has 0 aliphatic carbocycles. The normalized spacial score (nSPS) is 10.6. The van der Waals surface area contributed by atoms with Gasteiger partial charge in [-0.3, -0.25) is 4.79 Å². The first-order chi connectivity index (χ1) is 15.5. The van der Waals surface area contributed by atoms with Crippen LogP contribution in [-0.2, 0) is 0 Å². The van der Waals surface area contributed by atoms with Crippen molar-refractivity contribution in [3.63, 3.8) is 0 Å². The minimum Gasteiger partial charge on any atom is -0.496 e. The van der Waals surface area contributed by atoms with Gasteiger partial charge in [0.2, 0.25) is 0 Å². The molecule has 0 spiro atoms. The lowest BCUT2D eigenvalue weighted by molar-refractivity contribution is 0.102. The van der Waals surface area contributed by atoms with E-state index in [0.717, 1.165) is 15.2 Å². The Morgan fingerprint density at radius 3 is 2.22 bits per heavy atom. The molecule has 1 amide bonds. The van der Waals surface area contributed by atoms with E-state index >= 15 is 0 Å². The maximum absolute atomic E-state index is 12.9. The Hall–Kier alpha value is -3.22. The molecular weight excluding hydrogens is 494 g/mol.